The van der Waals surface area contributed by atoms with E-state index in [4.69, 9.17) is 4.74 Å². The van der Waals surface area contributed by atoms with Crippen LogP contribution >= 0.6 is 0 Å². The van der Waals surface area contributed by atoms with Crippen LogP contribution in [0.5, 0.6) is 11.5 Å². The van der Waals surface area contributed by atoms with E-state index in [1.54, 1.807) is 24.3 Å². The third kappa shape index (κ3) is 3.97. The van der Waals surface area contributed by atoms with Crippen LogP contribution in [0.3, 0.4) is 0 Å². The van der Waals surface area contributed by atoms with Gasteiger partial charge in [-0.25, -0.2) is 0 Å². The molecule has 1 saturated carbocycles. The van der Waals surface area contributed by atoms with Crippen molar-refractivity contribution in [3.05, 3.63) is 60.2 Å². The lowest BCUT2D eigenvalue weighted by Crippen LogP contribution is -2.48. The number of piperidine rings is 1. The number of aliphatic hydroxyl groups is 2. The van der Waals surface area contributed by atoms with E-state index >= 15 is 0 Å². The normalized spacial score (nSPS) is 24.9. The summed E-state index contributed by atoms with van der Waals surface area (Å²) < 4.78 is 5.70. The van der Waals surface area contributed by atoms with Crippen molar-refractivity contribution in [3.8, 4) is 11.5 Å². The number of fused-ring (bicyclic) bond motifs is 1. The van der Waals surface area contributed by atoms with Gasteiger partial charge in [0.25, 0.3) is 5.91 Å². The van der Waals surface area contributed by atoms with Gasteiger partial charge in [0, 0.05) is 11.6 Å². The van der Waals surface area contributed by atoms with Gasteiger partial charge in [-0.3, -0.25) is 9.59 Å². The average Bonchev–Trinajstić information content (AvgIpc) is 3.27. The molecule has 0 bridgehead atoms. The van der Waals surface area contributed by atoms with Gasteiger partial charge >= 0.3 is 0 Å². The summed E-state index contributed by atoms with van der Waals surface area (Å²) in [6.45, 7) is 1.86. The van der Waals surface area contributed by atoms with Crippen molar-refractivity contribution in [2.24, 2.45) is 5.41 Å². The number of para-hydroxylation sites is 1. The molecule has 2 aliphatic rings. The molecular weight excluding hydrogens is 372 g/mol. The van der Waals surface area contributed by atoms with Crippen molar-refractivity contribution >= 4 is 11.8 Å². The predicted octanol–water partition coefficient (Wildman–Crippen LogP) is 1.90. The highest BCUT2D eigenvalue weighted by Crippen LogP contribution is 2.59. The second-order valence-electron chi connectivity index (χ2n) is 7.98. The smallest absolute Gasteiger partial charge is 0.251 e. The largest absolute Gasteiger partial charge is 0.457 e. The molecule has 2 aromatic carbocycles. The van der Waals surface area contributed by atoms with Crippen LogP contribution in [0.15, 0.2) is 54.6 Å². The summed E-state index contributed by atoms with van der Waals surface area (Å²) in [5, 5.41) is 21.8. The summed E-state index contributed by atoms with van der Waals surface area (Å²) in [7, 11) is 0. The molecule has 7 nitrogen and oxygen atoms in total. The monoisotopic (exact) mass is 396 g/mol. The van der Waals surface area contributed by atoms with Crippen molar-refractivity contribution < 1.29 is 24.5 Å². The Morgan fingerprint density at radius 1 is 1.10 bits per heavy atom. The molecule has 2 aromatic rings. The third-order valence-corrected chi connectivity index (χ3v) is 5.80. The van der Waals surface area contributed by atoms with Gasteiger partial charge in [-0.2, -0.15) is 0 Å². The Balaban J connectivity index is 1.33. The summed E-state index contributed by atoms with van der Waals surface area (Å²) in [5.41, 5.74) is 0.373. The minimum atomic E-state index is -1.57. The van der Waals surface area contributed by atoms with E-state index in [-0.39, 0.29) is 29.8 Å². The first kappa shape index (κ1) is 19.4. The van der Waals surface area contributed by atoms with Crippen molar-refractivity contribution in [2.75, 3.05) is 6.54 Å². The molecule has 0 unspecified atom stereocenters. The number of aliphatic hydroxyl groups excluding tert-OH is 1. The summed E-state index contributed by atoms with van der Waals surface area (Å²) in [6, 6.07) is 15.4. The molecule has 1 heterocycles. The quantitative estimate of drug-likeness (QED) is 0.648. The van der Waals surface area contributed by atoms with Crippen LogP contribution in [0, 0.1) is 5.41 Å². The van der Waals surface area contributed by atoms with Gasteiger partial charge in [0.1, 0.15) is 11.5 Å². The van der Waals surface area contributed by atoms with Gasteiger partial charge in [0.2, 0.25) is 5.91 Å². The molecule has 2 amide bonds. The number of carbonyl (C=O) groups is 2. The van der Waals surface area contributed by atoms with E-state index in [2.05, 4.69) is 5.32 Å². The van der Waals surface area contributed by atoms with E-state index in [1.807, 2.05) is 37.3 Å². The maximum Gasteiger partial charge on any atom is 0.251 e. The second-order valence-corrected chi connectivity index (χ2v) is 7.98. The lowest BCUT2D eigenvalue weighted by atomic mass is 10.0. The van der Waals surface area contributed by atoms with E-state index in [1.165, 1.54) is 4.90 Å². The molecule has 0 spiro atoms. The summed E-state index contributed by atoms with van der Waals surface area (Å²) in [6.07, 6.45) is -0.145. The van der Waals surface area contributed by atoms with Gasteiger partial charge in [-0.15, -0.1) is 0 Å². The van der Waals surface area contributed by atoms with E-state index < -0.39 is 12.3 Å². The Kier molecular flexibility index (Phi) is 5.02. The van der Waals surface area contributed by atoms with Gasteiger partial charge in [0.05, 0.1) is 12.6 Å². The zero-order chi connectivity index (χ0) is 20.6. The number of hydrogen-bond donors (Lipinski definition) is 3. The Hall–Kier alpha value is -2.90. The molecule has 3 N–H and O–H groups in total. The molecule has 3 atom stereocenters. The van der Waals surface area contributed by atoms with Crippen LogP contribution in [-0.2, 0) is 4.79 Å². The molecule has 1 aliphatic carbocycles. The van der Waals surface area contributed by atoms with Crippen LogP contribution < -0.4 is 10.1 Å². The van der Waals surface area contributed by atoms with Gasteiger partial charge < -0.3 is 25.2 Å². The first-order valence-corrected chi connectivity index (χ1v) is 9.66. The number of rotatable bonds is 6. The van der Waals surface area contributed by atoms with Crippen LogP contribution in [0.4, 0.5) is 0 Å². The minimum Gasteiger partial charge on any atom is -0.457 e. The van der Waals surface area contributed by atoms with Gasteiger partial charge in [-0.1, -0.05) is 25.1 Å². The van der Waals surface area contributed by atoms with E-state index in [0.717, 1.165) is 6.42 Å². The lowest BCUT2D eigenvalue weighted by Gasteiger charge is -2.28. The molecule has 0 radical (unpaired) electrons. The Bertz CT molecular complexity index is 899. The molecule has 29 heavy (non-hydrogen) atoms. The molecule has 2 fully saturated rings. The Labute approximate surface area is 168 Å². The minimum absolute atomic E-state index is 0.0214. The number of ether oxygens (including phenoxy) is 1. The first-order valence-electron chi connectivity index (χ1n) is 9.66. The highest BCUT2D eigenvalue weighted by molar-refractivity contribution is 5.96. The van der Waals surface area contributed by atoms with Gasteiger partial charge in [-0.05, 0) is 54.7 Å². The zero-order valence-corrected chi connectivity index (χ0v) is 16.1. The van der Waals surface area contributed by atoms with Crippen LogP contribution in [0.25, 0.3) is 0 Å². The number of benzene rings is 2. The number of hydrogen-bond acceptors (Lipinski definition) is 5. The number of amides is 2. The third-order valence-electron chi connectivity index (χ3n) is 5.80. The van der Waals surface area contributed by atoms with Crippen molar-refractivity contribution in [1.29, 1.82) is 0 Å². The number of nitrogens with zero attached hydrogens (tertiary/aromatic N) is 1. The summed E-state index contributed by atoms with van der Waals surface area (Å²) in [5.74, 6) is 0.637. The SMILES string of the molecule is C[C@@]12C[C@@H]1N(C(=O)CNC(=O)c1ccc(Oc3ccccc3)cc1)[C@H](C(O)O)C2. The first-order chi connectivity index (χ1) is 13.9. The molecule has 0 aromatic heterocycles. The van der Waals surface area contributed by atoms with Crippen LogP contribution in [0.2, 0.25) is 0 Å². The van der Waals surface area contributed by atoms with E-state index in [9.17, 15) is 19.8 Å². The van der Waals surface area contributed by atoms with Crippen molar-refractivity contribution in [1.82, 2.24) is 10.2 Å². The second kappa shape index (κ2) is 7.50. The molecule has 4 rings (SSSR count). The maximum absolute atomic E-state index is 12.6. The fourth-order valence-corrected chi connectivity index (χ4v) is 4.10. The summed E-state index contributed by atoms with van der Waals surface area (Å²) in [4.78, 5) is 26.5. The Morgan fingerprint density at radius 3 is 2.41 bits per heavy atom. The fraction of sp³-hybridized carbons (Fsp3) is 0.364. The average molecular weight is 396 g/mol. The fourth-order valence-electron chi connectivity index (χ4n) is 4.10. The number of likely N-dealkylation sites (tertiary alicyclic amines) is 1. The molecule has 152 valence electrons. The molecule has 1 aliphatic heterocycles. The molecule has 1 saturated heterocycles. The van der Waals surface area contributed by atoms with E-state index in [0.29, 0.717) is 23.5 Å². The van der Waals surface area contributed by atoms with Crippen molar-refractivity contribution in [2.45, 2.75) is 38.1 Å². The standard InChI is InChI=1S/C22H24N2O5/c1-22-11-17(21(27)28)24(18(22)12-22)19(25)13-23-20(26)14-7-9-16(10-8-14)29-15-5-3-2-4-6-15/h2-10,17-18,21,27-28H,11-13H2,1H3,(H,23,26)/t17-,18-,22+/m0/s1. The Morgan fingerprint density at radius 2 is 1.76 bits per heavy atom. The molecule has 7 heteroatoms. The highest BCUT2D eigenvalue weighted by atomic mass is 16.5. The lowest BCUT2D eigenvalue weighted by molar-refractivity contribution is -0.144. The van der Waals surface area contributed by atoms with Crippen LogP contribution in [0.1, 0.15) is 30.1 Å². The van der Waals surface area contributed by atoms with Crippen molar-refractivity contribution in [3.63, 3.8) is 0 Å². The number of nitrogens with one attached hydrogen (secondary N) is 1. The highest BCUT2D eigenvalue weighted by Gasteiger charge is 2.63. The molecular formula is C22H24N2O5. The maximum atomic E-state index is 12.6. The predicted molar refractivity (Wildman–Crippen MR) is 105 cm³/mol. The summed E-state index contributed by atoms with van der Waals surface area (Å²) >= 11 is 0. The number of carbonyl (C=O) groups excluding carboxylic acids is 2. The topological polar surface area (TPSA) is 99.1 Å². The van der Waals surface area contributed by atoms with Gasteiger partial charge in [0.15, 0.2) is 6.29 Å². The van der Waals surface area contributed by atoms with Crippen LogP contribution in [-0.4, -0.2) is 51.8 Å². The zero-order valence-electron chi connectivity index (χ0n) is 16.1.